The highest BCUT2D eigenvalue weighted by Gasteiger charge is 2.48. The van der Waals surface area contributed by atoms with Gasteiger partial charge in [0, 0.05) is 18.2 Å². The predicted molar refractivity (Wildman–Crippen MR) is 139 cm³/mol. The number of hydrogen-bond donors (Lipinski definition) is 4. The number of nitrogens with one attached hydrogen (secondary N) is 2. The van der Waals surface area contributed by atoms with Crippen molar-refractivity contribution in [1.29, 1.82) is 0 Å². The summed E-state index contributed by atoms with van der Waals surface area (Å²) in [6, 6.07) is 16.6. The SMILES string of the molecule is CC(C)C[C@H](NC(=O)C1(Cc2ccccc2)CC(CNC(=O)c2cnnc3ccccc23)=NO1)B(O)O. The van der Waals surface area contributed by atoms with Crippen LogP contribution in [0.5, 0.6) is 0 Å². The van der Waals surface area contributed by atoms with Gasteiger partial charge in [0.1, 0.15) is 0 Å². The second-order valence-corrected chi connectivity index (χ2v) is 9.66. The van der Waals surface area contributed by atoms with Crippen LogP contribution in [0.15, 0.2) is 65.9 Å². The van der Waals surface area contributed by atoms with Crippen molar-refractivity contribution in [3.8, 4) is 0 Å². The molecule has 4 N–H and O–H groups in total. The third-order valence-corrected chi connectivity index (χ3v) is 6.23. The molecular formula is C26H30BN5O5. The van der Waals surface area contributed by atoms with Gasteiger partial charge in [-0.15, -0.1) is 0 Å². The van der Waals surface area contributed by atoms with Gasteiger partial charge in [-0.25, -0.2) is 0 Å². The number of fused-ring (bicyclic) bond motifs is 1. The number of nitrogens with zero attached hydrogens (tertiary/aromatic N) is 3. The standard InChI is InChI=1S/C26H30BN5O5/c1-17(2)12-23(27(35)36)30-25(34)26(13-18-8-4-3-5-9-18)14-19(32-37-26)15-28-24(33)21-16-29-31-22-11-7-6-10-20(21)22/h3-11,16-17,23,35-36H,12-15H2,1-2H3,(H,28,33)(H,30,34)/t23-,26?/m0/s1. The van der Waals surface area contributed by atoms with Crippen molar-refractivity contribution in [3.63, 3.8) is 0 Å². The molecule has 2 atom stereocenters. The summed E-state index contributed by atoms with van der Waals surface area (Å²) in [5.74, 6) is -1.58. The summed E-state index contributed by atoms with van der Waals surface area (Å²) in [5.41, 5.74) is 0.938. The van der Waals surface area contributed by atoms with Crippen LogP contribution >= 0.6 is 0 Å². The molecule has 0 aliphatic carbocycles. The minimum absolute atomic E-state index is 0.0668. The maximum Gasteiger partial charge on any atom is 0.475 e. The minimum atomic E-state index is -1.72. The molecule has 0 fully saturated rings. The number of carbonyl (C=O) groups excluding carboxylic acids is 2. The zero-order valence-corrected chi connectivity index (χ0v) is 20.8. The van der Waals surface area contributed by atoms with Crippen LogP contribution in [-0.2, 0) is 16.1 Å². The first-order valence-corrected chi connectivity index (χ1v) is 12.2. The molecule has 3 aromatic rings. The van der Waals surface area contributed by atoms with Crippen molar-refractivity contribution >= 4 is 35.5 Å². The molecule has 192 valence electrons. The normalized spacial score (nSPS) is 17.7. The van der Waals surface area contributed by atoms with E-state index in [2.05, 4.69) is 26.0 Å². The Labute approximate surface area is 215 Å². The minimum Gasteiger partial charge on any atom is -0.426 e. The van der Waals surface area contributed by atoms with E-state index >= 15 is 0 Å². The van der Waals surface area contributed by atoms with Crippen LogP contribution in [-0.4, -0.2) is 63.0 Å². The molecule has 1 aromatic heterocycles. The molecule has 4 rings (SSSR count). The van der Waals surface area contributed by atoms with E-state index in [4.69, 9.17) is 4.84 Å². The number of hydrogen-bond acceptors (Lipinski definition) is 8. The number of aromatic nitrogens is 2. The van der Waals surface area contributed by atoms with Gasteiger partial charge >= 0.3 is 7.12 Å². The van der Waals surface area contributed by atoms with Gasteiger partial charge in [-0.05, 0) is 24.0 Å². The first-order chi connectivity index (χ1) is 17.8. The summed E-state index contributed by atoms with van der Waals surface area (Å²) in [4.78, 5) is 32.2. The van der Waals surface area contributed by atoms with Crippen LogP contribution in [0.2, 0.25) is 0 Å². The molecule has 1 aliphatic heterocycles. The molecule has 37 heavy (non-hydrogen) atoms. The number of carbonyl (C=O) groups is 2. The van der Waals surface area contributed by atoms with E-state index in [1.807, 2.05) is 56.3 Å². The highest BCUT2D eigenvalue weighted by Crippen LogP contribution is 2.29. The molecule has 2 aromatic carbocycles. The molecule has 0 bridgehead atoms. The number of amides is 2. The van der Waals surface area contributed by atoms with Crippen LogP contribution in [0.1, 0.15) is 42.6 Å². The van der Waals surface area contributed by atoms with Crippen LogP contribution in [0.4, 0.5) is 0 Å². The van der Waals surface area contributed by atoms with Crippen molar-refractivity contribution in [2.45, 2.75) is 44.7 Å². The van der Waals surface area contributed by atoms with E-state index in [1.54, 1.807) is 12.1 Å². The Bertz CT molecular complexity index is 1280. The lowest BCUT2D eigenvalue weighted by molar-refractivity contribution is -0.144. The molecule has 0 spiro atoms. The fourth-order valence-electron chi connectivity index (χ4n) is 4.39. The van der Waals surface area contributed by atoms with E-state index < -0.39 is 24.6 Å². The summed E-state index contributed by atoms with van der Waals surface area (Å²) in [5, 5.41) is 38.0. The highest BCUT2D eigenvalue weighted by molar-refractivity contribution is 6.43. The first-order valence-electron chi connectivity index (χ1n) is 12.2. The predicted octanol–water partition coefficient (Wildman–Crippen LogP) is 1.66. The second-order valence-electron chi connectivity index (χ2n) is 9.66. The quantitative estimate of drug-likeness (QED) is 0.308. The van der Waals surface area contributed by atoms with E-state index in [0.717, 1.165) is 5.56 Å². The molecule has 1 aliphatic rings. The zero-order valence-electron chi connectivity index (χ0n) is 20.8. The lowest BCUT2D eigenvalue weighted by Crippen LogP contribution is -2.56. The fraction of sp³-hybridized carbons (Fsp3) is 0.346. The monoisotopic (exact) mass is 503 g/mol. The number of benzene rings is 2. The Morgan fingerprint density at radius 2 is 1.84 bits per heavy atom. The van der Waals surface area contributed by atoms with Gasteiger partial charge in [0.05, 0.1) is 35.5 Å². The smallest absolute Gasteiger partial charge is 0.426 e. The Morgan fingerprint density at radius 1 is 1.11 bits per heavy atom. The van der Waals surface area contributed by atoms with E-state index in [0.29, 0.717) is 28.6 Å². The second kappa shape index (κ2) is 11.5. The topological polar surface area (TPSA) is 146 Å². The van der Waals surface area contributed by atoms with Gasteiger partial charge in [-0.2, -0.15) is 10.2 Å². The van der Waals surface area contributed by atoms with Crippen molar-refractivity contribution in [2.75, 3.05) is 6.54 Å². The molecule has 10 nitrogen and oxygen atoms in total. The largest absolute Gasteiger partial charge is 0.475 e. The Hall–Kier alpha value is -3.83. The van der Waals surface area contributed by atoms with Crippen LogP contribution in [0.3, 0.4) is 0 Å². The van der Waals surface area contributed by atoms with Gasteiger partial charge < -0.3 is 25.5 Å². The summed E-state index contributed by atoms with van der Waals surface area (Å²) in [7, 11) is -1.72. The van der Waals surface area contributed by atoms with E-state index in [-0.39, 0.29) is 31.2 Å². The maximum absolute atomic E-state index is 13.5. The summed E-state index contributed by atoms with van der Waals surface area (Å²) >= 11 is 0. The van der Waals surface area contributed by atoms with Gasteiger partial charge in [0.15, 0.2) is 0 Å². The first kappa shape index (κ1) is 26.2. The molecule has 1 unspecified atom stereocenters. The van der Waals surface area contributed by atoms with Crippen LogP contribution in [0, 0.1) is 5.92 Å². The maximum atomic E-state index is 13.5. The van der Waals surface area contributed by atoms with Gasteiger partial charge in [0.25, 0.3) is 11.8 Å². The van der Waals surface area contributed by atoms with Crippen molar-refractivity contribution in [2.24, 2.45) is 11.1 Å². The molecule has 0 saturated heterocycles. The van der Waals surface area contributed by atoms with Gasteiger partial charge in [0.2, 0.25) is 5.60 Å². The van der Waals surface area contributed by atoms with Crippen molar-refractivity contribution in [1.82, 2.24) is 20.8 Å². The molecule has 0 saturated carbocycles. The summed E-state index contributed by atoms with van der Waals surface area (Å²) in [6.45, 7) is 3.93. The van der Waals surface area contributed by atoms with Crippen LogP contribution in [0.25, 0.3) is 10.9 Å². The lowest BCUT2D eigenvalue weighted by Gasteiger charge is -2.29. The van der Waals surface area contributed by atoms with Crippen molar-refractivity contribution in [3.05, 3.63) is 71.9 Å². The zero-order chi connectivity index (χ0) is 26.4. The Morgan fingerprint density at radius 3 is 2.57 bits per heavy atom. The highest BCUT2D eigenvalue weighted by atomic mass is 16.7. The summed E-state index contributed by atoms with van der Waals surface area (Å²) < 4.78 is 0. The molecule has 2 heterocycles. The van der Waals surface area contributed by atoms with E-state index in [1.165, 1.54) is 6.20 Å². The fourth-order valence-corrected chi connectivity index (χ4v) is 4.39. The van der Waals surface area contributed by atoms with Crippen LogP contribution < -0.4 is 10.6 Å². The number of oxime groups is 1. The average Bonchev–Trinajstić information content (AvgIpc) is 3.30. The molecular weight excluding hydrogens is 473 g/mol. The third-order valence-electron chi connectivity index (χ3n) is 6.23. The molecule has 0 radical (unpaired) electrons. The Balaban J connectivity index is 1.48. The van der Waals surface area contributed by atoms with Gasteiger partial charge in [-0.3, -0.25) is 9.59 Å². The van der Waals surface area contributed by atoms with Crippen molar-refractivity contribution < 1.29 is 24.5 Å². The van der Waals surface area contributed by atoms with Gasteiger partial charge in [-0.1, -0.05) is 67.5 Å². The molecule has 11 heteroatoms. The molecule has 2 amide bonds. The average molecular weight is 503 g/mol. The summed E-state index contributed by atoms with van der Waals surface area (Å²) in [6.07, 6.45) is 2.13. The van der Waals surface area contributed by atoms with E-state index in [9.17, 15) is 19.6 Å². The Kier molecular flexibility index (Phi) is 8.15. The lowest BCUT2D eigenvalue weighted by atomic mass is 9.74. The third kappa shape index (κ3) is 6.30. The number of rotatable bonds is 10.